The number of hydrogen-bond donors (Lipinski definition) is 2. The Hall–Kier alpha value is -0.730. The maximum atomic E-state index is 9.36. The molecule has 0 saturated heterocycles. The van der Waals surface area contributed by atoms with Crippen molar-refractivity contribution in [2.24, 2.45) is 0 Å². The molecule has 1 aliphatic rings. The Morgan fingerprint density at radius 3 is 3.14 bits per heavy atom. The predicted octanol–water partition coefficient (Wildman–Crippen LogP) is 2.21. The number of halogens is 1. The smallest absolute Gasteiger partial charge is 0.115 e. The molecule has 0 bridgehead atoms. The first-order valence-corrected chi connectivity index (χ1v) is 5.46. The highest BCUT2D eigenvalue weighted by molar-refractivity contribution is 6.17. The van der Waals surface area contributed by atoms with E-state index >= 15 is 0 Å². The van der Waals surface area contributed by atoms with Crippen molar-refractivity contribution in [1.82, 2.24) is 5.32 Å². The van der Waals surface area contributed by atoms with Crippen molar-refractivity contribution in [1.29, 1.82) is 0 Å². The minimum absolute atomic E-state index is 0.357. The number of phenolic OH excluding ortho intramolecular Hbond substituents is 1. The van der Waals surface area contributed by atoms with E-state index < -0.39 is 0 Å². The van der Waals surface area contributed by atoms with E-state index in [1.54, 1.807) is 6.07 Å². The fraction of sp³-hybridized carbons (Fsp3) is 0.455. The first-order chi connectivity index (χ1) is 6.81. The second-order valence-corrected chi connectivity index (χ2v) is 4.00. The van der Waals surface area contributed by atoms with E-state index in [1.807, 2.05) is 12.1 Å². The van der Waals surface area contributed by atoms with Gasteiger partial charge in [0.25, 0.3) is 0 Å². The summed E-state index contributed by atoms with van der Waals surface area (Å²) in [4.78, 5) is 0. The van der Waals surface area contributed by atoms with Gasteiger partial charge in [-0.25, -0.2) is 0 Å². The molecule has 0 aromatic heterocycles. The number of benzene rings is 1. The van der Waals surface area contributed by atoms with E-state index in [2.05, 4.69) is 5.32 Å². The summed E-state index contributed by atoms with van der Waals surface area (Å²) in [6.07, 6.45) is 1.93. The third-order valence-electron chi connectivity index (χ3n) is 2.68. The second kappa shape index (κ2) is 4.20. The molecule has 0 amide bonds. The average molecular weight is 212 g/mol. The molecule has 1 aliphatic heterocycles. The van der Waals surface area contributed by atoms with E-state index in [9.17, 15) is 5.11 Å². The highest BCUT2D eigenvalue weighted by Crippen LogP contribution is 2.28. The summed E-state index contributed by atoms with van der Waals surface area (Å²) in [6, 6.07) is 5.95. The van der Waals surface area contributed by atoms with E-state index in [1.165, 1.54) is 11.1 Å². The highest BCUT2D eigenvalue weighted by Gasteiger charge is 2.18. The summed E-state index contributed by atoms with van der Waals surface area (Å²) in [5, 5.41) is 12.8. The zero-order valence-corrected chi connectivity index (χ0v) is 8.72. The van der Waals surface area contributed by atoms with Gasteiger partial charge < -0.3 is 10.4 Å². The van der Waals surface area contributed by atoms with Gasteiger partial charge in [-0.1, -0.05) is 6.07 Å². The normalized spacial score (nSPS) is 20.5. The molecule has 3 heteroatoms. The minimum Gasteiger partial charge on any atom is -0.508 e. The molecule has 76 valence electrons. The van der Waals surface area contributed by atoms with Crippen molar-refractivity contribution in [3.8, 4) is 5.75 Å². The summed E-state index contributed by atoms with van der Waals surface area (Å²) in [5.41, 5.74) is 2.54. The van der Waals surface area contributed by atoms with E-state index in [0.29, 0.717) is 17.7 Å². The van der Waals surface area contributed by atoms with Gasteiger partial charge in [0.15, 0.2) is 0 Å². The van der Waals surface area contributed by atoms with Crippen LogP contribution in [0.4, 0.5) is 0 Å². The Labute approximate surface area is 88.9 Å². The van der Waals surface area contributed by atoms with Crippen LogP contribution in [0.5, 0.6) is 5.75 Å². The monoisotopic (exact) mass is 211 g/mol. The number of rotatable bonds is 2. The zero-order chi connectivity index (χ0) is 9.97. The predicted molar refractivity (Wildman–Crippen MR) is 57.9 cm³/mol. The Morgan fingerprint density at radius 1 is 1.50 bits per heavy atom. The van der Waals surface area contributed by atoms with Crippen molar-refractivity contribution in [2.45, 2.75) is 18.9 Å². The molecular formula is C11H14ClNO. The molecule has 2 N–H and O–H groups in total. The summed E-state index contributed by atoms with van der Waals surface area (Å²) >= 11 is 5.74. The van der Waals surface area contributed by atoms with Gasteiger partial charge in [0.05, 0.1) is 0 Å². The number of alkyl halides is 1. The Bertz CT molecular complexity index is 327. The molecule has 14 heavy (non-hydrogen) atoms. The van der Waals surface area contributed by atoms with Gasteiger partial charge in [0.2, 0.25) is 0 Å². The summed E-state index contributed by atoms with van der Waals surface area (Å²) in [7, 11) is 0. The molecule has 1 atom stereocenters. The molecule has 1 unspecified atom stereocenters. The van der Waals surface area contributed by atoms with Crippen LogP contribution in [0.3, 0.4) is 0 Å². The molecule has 2 nitrogen and oxygen atoms in total. The molecule has 2 rings (SSSR count). The number of nitrogens with one attached hydrogen (secondary N) is 1. The van der Waals surface area contributed by atoms with Crippen LogP contribution in [0.2, 0.25) is 0 Å². The topological polar surface area (TPSA) is 32.3 Å². The molecular weight excluding hydrogens is 198 g/mol. The van der Waals surface area contributed by atoms with Crippen molar-refractivity contribution in [3.63, 3.8) is 0 Å². The van der Waals surface area contributed by atoms with Crippen LogP contribution in [0.1, 0.15) is 23.6 Å². The highest BCUT2D eigenvalue weighted by atomic mass is 35.5. The van der Waals surface area contributed by atoms with E-state index in [0.717, 1.165) is 19.4 Å². The number of fused-ring (bicyclic) bond motifs is 1. The summed E-state index contributed by atoms with van der Waals surface area (Å²) in [6.45, 7) is 0.970. The van der Waals surface area contributed by atoms with Crippen LogP contribution in [-0.2, 0) is 6.42 Å². The number of phenols is 1. The lowest BCUT2D eigenvalue weighted by Crippen LogP contribution is -2.29. The van der Waals surface area contributed by atoms with Gasteiger partial charge in [0.1, 0.15) is 5.75 Å². The molecule has 1 aromatic carbocycles. The minimum atomic E-state index is 0.357. The van der Waals surface area contributed by atoms with Crippen LogP contribution >= 0.6 is 11.6 Å². The molecule has 0 saturated carbocycles. The fourth-order valence-corrected chi connectivity index (χ4v) is 2.22. The standard InChI is InChI=1S/C11H14ClNO/c12-5-3-11-10-2-1-9(14)7-8(10)4-6-13-11/h1-2,7,11,13-14H,3-6H2. The van der Waals surface area contributed by atoms with Crippen LogP contribution in [0.25, 0.3) is 0 Å². The van der Waals surface area contributed by atoms with Crippen molar-refractivity contribution in [3.05, 3.63) is 29.3 Å². The SMILES string of the molecule is Oc1ccc2c(c1)CCNC2CCCl. The molecule has 0 fully saturated rings. The lowest BCUT2D eigenvalue weighted by Gasteiger charge is -2.26. The average Bonchev–Trinajstić information content (AvgIpc) is 2.18. The Kier molecular flexibility index (Phi) is 2.94. The summed E-state index contributed by atoms with van der Waals surface area (Å²) < 4.78 is 0. The second-order valence-electron chi connectivity index (χ2n) is 3.62. The van der Waals surface area contributed by atoms with E-state index in [4.69, 9.17) is 11.6 Å². The summed E-state index contributed by atoms with van der Waals surface area (Å²) in [5.74, 6) is 1.02. The quantitative estimate of drug-likeness (QED) is 0.736. The Morgan fingerprint density at radius 2 is 2.36 bits per heavy atom. The molecule has 0 spiro atoms. The van der Waals surface area contributed by atoms with Gasteiger partial charge >= 0.3 is 0 Å². The number of hydrogen-bond acceptors (Lipinski definition) is 2. The van der Waals surface area contributed by atoms with Gasteiger partial charge in [-0.15, -0.1) is 11.6 Å². The molecule has 1 aromatic rings. The van der Waals surface area contributed by atoms with Gasteiger partial charge in [0, 0.05) is 11.9 Å². The van der Waals surface area contributed by atoms with Crippen molar-refractivity contribution in [2.75, 3.05) is 12.4 Å². The third kappa shape index (κ3) is 1.86. The maximum Gasteiger partial charge on any atom is 0.115 e. The van der Waals surface area contributed by atoms with E-state index in [-0.39, 0.29) is 0 Å². The lowest BCUT2D eigenvalue weighted by molar-refractivity contribution is 0.465. The molecule has 1 heterocycles. The van der Waals surface area contributed by atoms with Crippen LogP contribution in [0, 0.1) is 0 Å². The largest absolute Gasteiger partial charge is 0.508 e. The first-order valence-electron chi connectivity index (χ1n) is 4.92. The number of aromatic hydroxyl groups is 1. The van der Waals surface area contributed by atoms with Crippen LogP contribution in [-0.4, -0.2) is 17.5 Å². The van der Waals surface area contributed by atoms with Crippen molar-refractivity contribution < 1.29 is 5.11 Å². The van der Waals surface area contributed by atoms with Crippen LogP contribution in [0.15, 0.2) is 18.2 Å². The van der Waals surface area contributed by atoms with Crippen LogP contribution < -0.4 is 5.32 Å². The lowest BCUT2D eigenvalue weighted by atomic mass is 9.93. The molecule has 0 aliphatic carbocycles. The first kappa shape index (κ1) is 9.81. The fourth-order valence-electron chi connectivity index (χ4n) is 2.01. The van der Waals surface area contributed by atoms with Gasteiger partial charge in [-0.05, 0) is 42.6 Å². The third-order valence-corrected chi connectivity index (χ3v) is 2.90. The molecule has 0 radical (unpaired) electrons. The maximum absolute atomic E-state index is 9.36. The van der Waals surface area contributed by atoms with Gasteiger partial charge in [-0.3, -0.25) is 0 Å². The Balaban J connectivity index is 2.30. The van der Waals surface area contributed by atoms with Crippen molar-refractivity contribution >= 4 is 11.6 Å². The zero-order valence-electron chi connectivity index (χ0n) is 7.96. The van der Waals surface area contributed by atoms with Gasteiger partial charge in [-0.2, -0.15) is 0 Å².